The summed E-state index contributed by atoms with van der Waals surface area (Å²) in [4.78, 5) is 17.5. The number of hydrogen-bond acceptors (Lipinski definition) is 6. The summed E-state index contributed by atoms with van der Waals surface area (Å²) in [6.07, 6.45) is 3.91. The monoisotopic (exact) mass is 553 g/mol. The summed E-state index contributed by atoms with van der Waals surface area (Å²) in [7, 11) is 1.02. The summed E-state index contributed by atoms with van der Waals surface area (Å²) in [5.74, 6) is 0.811. The van der Waals surface area contributed by atoms with Crippen molar-refractivity contribution >= 4 is 15.9 Å². The lowest BCUT2D eigenvalue weighted by molar-refractivity contribution is 0.0784. The molecule has 1 amide bonds. The fourth-order valence-corrected chi connectivity index (χ4v) is 6.82. The minimum atomic E-state index is -3.79. The van der Waals surface area contributed by atoms with Gasteiger partial charge >= 0.3 is 0 Å². The van der Waals surface area contributed by atoms with Crippen molar-refractivity contribution in [1.82, 2.24) is 14.1 Å². The van der Waals surface area contributed by atoms with Crippen molar-refractivity contribution in [2.24, 2.45) is 0 Å². The Morgan fingerprint density at radius 2 is 1.64 bits per heavy atom. The van der Waals surface area contributed by atoms with E-state index < -0.39 is 10.0 Å². The second-order valence-corrected chi connectivity index (χ2v) is 12.5. The SMILES string of the molecule is COc1cc(C)c(S(=O)(=O)N(C)Cc2cc(C(=O)N(C)Cc3ccc(C(C)N4CCCC4)cc3)co2)c(C)c1. The number of carbonyl (C=O) groups is 1. The highest BCUT2D eigenvalue weighted by Gasteiger charge is 2.27. The standard InChI is InChI=1S/C30H39N3O5S/c1-21-15-27(37-6)16-22(2)29(21)39(35,36)32(5)19-28-17-26(20-38-28)30(34)31(4)18-24-9-11-25(12-10-24)23(3)33-13-7-8-14-33/h9-12,15-17,20,23H,7-8,13-14,18-19H2,1-6H3. The molecule has 3 aromatic rings. The molecule has 1 atom stereocenters. The van der Waals surface area contributed by atoms with E-state index in [-0.39, 0.29) is 17.3 Å². The Hall–Kier alpha value is -3.14. The summed E-state index contributed by atoms with van der Waals surface area (Å²) in [6, 6.07) is 13.9. The number of nitrogens with zero attached hydrogens (tertiary/aromatic N) is 3. The molecule has 1 aromatic heterocycles. The Kier molecular flexibility index (Phi) is 8.83. The molecule has 1 aliphatic heterocycles. The number of likely N-dealkylation sites (tertiary alicyclic amines) is 1. The minimum absolute atomic E-state index is 0.000894. The fraction of sp³-hybridized carbons (Fsp3) is 0.433. The van der Waals surface area contributed by atoms with Crippen LogP contribution >= 0.6 is 0 Å². The third kappa shape index (κ3) is 6.37. The van der Waals surface area contributed by atoms with Gasteiger partial charge in [-0.25, -0.2) is 8.42 Å². The molecule has 1 aliphatic rings. The number of sulfonamides is 1. The number of ether oxygens (including phenoxy) is 1. The van der Waals surface area contributed by atoms with Crippen LogP contribution in [0.2, 0.25) is 0 Å². The Morgan fingerprint density at radius 1 is 1.03 bits per heavy atom. The van der Waals surface area contributed by atoms with Crippen LogP contribution in [0.5, 0.6) is 5.75 Å². The van der Waals surface area contributed by atoms with Crippen LogP contribution in [-0.4, -0.2) is 62.7 Å². The maximum absolute atomic E-state index is 13.3. The number of benzene rings is 2. The topological polar surface area (TPSA) is 83.3 Å². The smallest absolute Gasteiger partial charge is 0.257 e. The molecule has 0 spiro atoms. The lowest BCUT2D eigenvalue weighted by Gasteiger charge is -2.24. The highest BCUT2D eigenvalue weighted by atomic mass is 32.2. The second kappa shape index (κ2) is 11.9. The lowest BCUT2D eigenvalue weighted by Crippen LogP contribution is -2.28. The van der Waals surface area contributed by atoms with Crippen molar-refractivity contribution in [3.05, 3.63) is 82.3 Å². The molecular weight excluding hydrogens is 514 g/mol. The molecule has 9 heteroatoms. The summed E-state index contributed by atoms with van der Waals surface area (Å²) >= 11 is 0. The maximum atomic E-state index is 13.3. The van der Waals surface area contributed by atoms with E-state index in [9.17, 15) is 13.2 Å². The predicted octanol–water partition coefficient (Wildman–Crippen LogP) is 5.15. The molecule has 39 heavy (non-hydrogen) atoms. The van der Waals surface area contributed by atoms with Crippen molar-refractivity contribution in [3.8, 4) is 5.75 Å². The Balaban J connectivity index is 1.39. The van der Waals surface area contributed by atoms with Crippen molar-refractivity contribution in [1.29, 1.82) is 0 Å². The van der Waals surface area contributed by atoms with Gasteiger partial charge < -0.3 is 14.1 Å². The molecule has 1 saturated heterocycles. The quantitative estimate of drug-likeness (QED) is 0.345. The van der Waals surface area contributed by atoms with E-state index in [0.29, 0.717) is 40.8 Å². The van der Waals surface area contributed by atoms with Gasteiger partial charge in [-0.2, -0.15) is 4.31 Å². The first-order chi connectivity index (χ1) is 18.5. The Labute approximate surface area is 232 Å². The average molecular weight is 554 g/mol. The number of aryl methyl sites for hydroxylation is 2. The first kappa shape index (κ1) is 28.9. The first-order valence-electron chi connectivity index (χ1n) is 13.3. The molecule has 0 aliphatic carbocycles. The van der Waals surface area contributed by atoms with Crippen LogP contribution in [0.4, 0.5) is 0 Å². The van der Waals surface area contributed by atoms with E-state index in [1.54, 1.807) is 51.1 Å². The van der Waals surface area contributed by atoms with E-state index in [2.05, 4.69) is 36.1 Å². The summed E-state index contributed by atoms with van der Waals surface area (Å²) < 4.78 is 38.8. The average Bonchev–Trinajstić information content (AvgIpc) is 3.60. The number of furan rings is 1. The number of amides is 1. The zero-order valence-electron chi connectivity index (χ0n) is 23.7. The van der Waals surface area contributed by atoms with Crippen molar-refractivity contribution in [2.75, 3.05) is 34.3 Å². The molecule has 210 valence electrons. The lowest BCUT2D eigenvalue weighted by atomic mass is 10.0. The largest absolute Gasteiger partial charge is 0.497 e. The molecule has 0 radical (unpaired) electrons. The predicted molar refractivity (Wildman–Crippen MR) is 151 cm³/mol. The minimum Gasteiger partial charge on any atom is -0.497 e. The van der Waals surface area contributed by atoms with Gasteiger partial charge in [-0.15, -0.1) is 0 Å². The number of methoxy groups -OCH3 is 1. The Bertz CT molecular complexity index is 1390. The van der Waals surface area contributed by atoms with Gasteiger partial charge in [-0.05, 0) is 87.2 Å². The van der Waals surface area contributed by atoms with E-state index in [4.69, 9.17) is 9.15 Å². The van der Waals surface area contributed by atoms with E-state index in [1.807, 2.05) is 0 Å². The molecule has 0 saturated carbocycles. The van der Waals surface area contributed by atoms with Crippen molar-refractivity contribution < 1.29 is 22.4 Å². The van der Waals surface area contributed by atoms with Gasteiger partial charge in [0.2, 0.25) is 10.0 Å². The molecular formula is C30H39N3O5S. The van der Waals surface area contributed by atoms with Gasteiger partial charge in [0.15, 0.2) is 0 Å². The molecule has 1 unspecified atom stereocenters. The van der Waals surface area contributed by atoms with Crippen LogP contribution in [0.3, 0.4) is 0 Å². The van der Waals surface area contributed by atoms with Crippen LogP contribution in [0.1, 0.15) is 64.2 Å². The molecule has 8 nitrogen and oxygen atoms in total. The summed E-state index contributed by atoms with van der Waals surface area (Å²) in [5.41, 5.74) is 3.92. The third-order valence-corrected chi connectivity index (χ3v) is 9.64. The number of rotatable bonds is 10. The van der Waals surface area contributed by atoms with Crippen LogP contribution in [0, 0.1) is 13.8 Å². The normalized spacial score (nSPS) is 15.1. The van der Waals surface area contributed by atoms with Crippen molar-refractivity contribution in [2.45, 2.75) is 57.6 Å². The first-order valence-corrected chi connectivity index (χ1v) is 14.7. The molecule has 2 aromatic carbocycles. The molecule has 0 N–H and O–H groups in total. The summed E-state index contributed by atoms with van der Waals surface area (Å²) in [5, 5.41) is 0. The fourth-order valence-electron chi connectivity index (χ4n) is 5.28. The van der Waals surface area contributed by atoms with Gasteiger partial charge in [-0.3, -0.25) is 9.69 Å². The third-order valence-electron chi connectivity index (χ3n) is 7.53. The van der Waals surface area contributed by atoms with Gasteiger partial charge in [0, 0.05) is 26.7 Å². The van der Waals surface area contributed by atoms with Crippen LogP contribution < -0.4 is 4.74 Å². The van der Waals surface area contributed by atoms with Gasteiger partial charge in [0.25, 0.3) is 5.91 Å². The number of hydrogen-bond donors (Lipinski definition) is 0. The molecule has 0 bridgehead atoms. The maximum Gasteiger partial charge on any atom is 0.257 e. The molecule has 2 heterocycles. The van der Waals surface area contributed by atoms with Gasteiger partial charge in [0.1, 0.15) is 17.8 Å². The van der Waals surface area contributed by atoms with Gasteiger partial charge in [0.05, 0.1) is 24.1 Å². The Morgan fingerprint density at radius 3 is 2.23 bits per heavy atom. The highest BCUT2D eigenvalue weighted by Crippen LogP contribution is 2.29. The van der Waals surface area contributed by atoms with Gasteiger partial charge in [-0.1, -0.05) is 24.3 Å². The van der Waals surface area contributed by atoms with E-state index in [0.717, 1.165) is 18.7 Å². The highest BCUT2D eigenvalue weighted by molar-refractivity contribution is 7.89. The molecule has 4 rings (SSSR count). The van der Waals surface area contributed by atoms with E-state index in [1.165, 1.54) is 36.0 Å². The second-order valence-electron chi connectivity index (χ2n) is 10.5. The van der Waals surface area contributed by atoms with Crippen LogP contribution in [0.25, 0.3) is 0 Å². The van der Waals surface area contributed by atoms with Crippen LogP contribution in [-0.2, 0) is 23.1 Å². The summed E-state index contributed by atoms with van der Waals surface area (Å²) in [6.45, 7) is 8.50. The zero-order chi connectivity index (χ0) is 28.3. The van der Waals surface area contributed by atoms with Crippen LogP contribution in [0.15, 0.2) is 58.0 Å². The van der Waals surface area contributed by atoms with E-state index >= 15 is 0 Å². The number of carbonyl (C=O) groups excluding carboxylic acids is 1. The van der Waals surface area contributed by atoms with Crippen molar-refractivity contribution in [3.63, 3.8) is 0 Å². The zero-order valence-corrected chi connectivity index (χ0v) is 24.5. The molecule has 1 fully saturated rings.